The molecule has 5 aromatic rings. The summed E-state index contributed by atoms with van der Waals surface area (Å²) >= 11 is 1.40. The van der Waals surface area contributed by atoms with Gasteiger partial charge in [0.15, 0.2) is 0 Å². The lowest BCUT2D eigenvalue weighted by Crippen LogP contribution is -2.13. The van der Waals surface area contributed by atoms with E-state index in [1.165, 1.54) is 11.3 Å². The molecular formula is C20H14N6OS. The second-order valence-corrected chi connectivity index (χ2v) is 6.96. The minimum absolute atomic E-state index is 0.308. The van der Waals surface area contributed by atoms with Gasteiger partial charge in [-0.05, 0) is 24.3 Å². The molecule has 0 unspecified atom stereocenters. The number of imidazole rings is 1. The van der Waals surface area contributed by atoms with Crippen LogP contribution in [0.1, 0.15) is 10.5 Å². The molecule has 0 saturated heterocycles. The van der Waals surface area contributed by atoms with Crippen molar-refractivity contribution in [2.75, 3.05) is 5.32 Å². The number of nitrogens with one attached hydrogen (secondary N) is 2. The number of H-pyrrole nitrogens is 1. The van der Waals surface area contributed by atoms with Crippen LogP contribution in [0.5, 0.6) is 0 Å². The van der Waals surface area contributed by atoms with Crippen molar-refractivity contribution in [1.82, 2.24) is 24.7 Å². The zero-order valence-electron chi connectivity index (χ0n) is 14.5. The molecule has 1 amide bonds. The second kappa shape index (κ2) is 6.75. The molecule has 0 atom stereocenters. The zero-order valence-corrected chi connectivity index (χ0v) is 15.4. The molecule has 0 bridgehead atoms. The van der Waals surface area contributed by atoms with E-state index in [-0.39, 0.29) is 5.91 Å². The summed E-state index contributed by atoms with van der Waals surface area (Å²) in [6, 6.07) is 17.4. The topological polar surface area (TPSA) is 88.5 Å². The van der Waals surface area contributed by atoms with Crippen LogP contribution < -0.4 is 5.32 Å². The predicted octanol–water partition coefficient (Wildman–Crippen LogP) is 4.12. The van der Waals surface area contributed by atoms with Gasteiger partial charge in [-0.25, -0.2) is 14.6 Å². The number of hydrogen-bond acceptors (Lipinski definition) is 5. The van der Waals surface area contributed by atoms with Gasteiger partial charge in [-0.3, -0.25) is 10.1 Å². The van der Waals surface area contributed by atoms with Crippen LogP contribution in [-0.2, 0) is 0 Å². The highest BCUT2D eigenvalue weighted by atomic mass is 32.1. The molecule has 7 nitrogen and oxygen atoms in total. The average Bonchev–Trinajstić information content (AvgIpc) is 3.46. The molecule has 136 valence electrons. The van der Waals surface area contributed by atoms with E-state index in [0.29, 0.717) is 11.6 Å². The van der Waals surface area contributed by atoms with E-state index in [2.05, 4.69) is 25.4 Å². The number of hydrogen-bond donors (Lipinski definition) is 2. The van der Waals surface area contributed by atoms with Gasteiger partial charge in [0.25, 0.3) is 5.91 Å². The molecule has 3 heterocycles. The van der Waals surface area contributed by atoms with Crippen LogP contribution in [0.25, 0.3) is 27.3 Å². The van der Waals surface area contributed by atoms with E-state index in [0.717, 1.165) is 27.3 Å². The Morgan fingerprint density at radius 3 is 2.71 bits per heavy atom. The van der Waals surface area contributed by atoms with Gasteiger partial charge in [-0.15, -0.1) is 11.3 Å². The molecule has 0 aliphatic carbocycles. The Bertz CT molecular complexity index is 1240. The maximum atomic E-state index is 12.5. The average molecular weight is 386 g/mol. The summed E-state index contributed by atoms with van der Waals surface area (Å²) in [6.07, 6.45) is 3.64. The first kappa shape index (κ1) is 16.4. The summed E-state index contributed by atoms with van der Waals surface area (Å²) in [7, 11) is 0. The van der Waals surface area contributed by atoms with Gasteiger partial charge in [0, 0.05) is 17.1 Å². The molecule has 0 fully saturated rings. The first-order valence-corrected chi connectivity index (χ1v) is 9.46. The number of carbonyl (C=O) groups is 1. The number of para-hydroxylation sites is 3. The number of thiazole rings is 1. The fraction of sp³-hybridized carbons (Fsp3) is 0. The van der Waals surface area contributed by atoms with Crippen molar-refractivity contribution >= 4 is 34.2 Å². The number of rotatable bonds is 4. The van der Waals surface area contributed by atoms with Crippen LogP contribution in [-0.4, -0.2) is 30.6 Å². The number of nitrogens with zero attached hydrogens (tertiary/aromatic N) is 4. The Hall–Kier alpha value is -3.78. The SMILES string of the molecule is O=C(Nc1nc2ccccc2[nH]1)c1csc(-c2cnn(-c3ccccc3)c2)n1. The largest absolute Gasteiger partial charge is 0.324 e. The number of anilines is 1. The monoisotopic (exact) mass is 386 g/mol. The molecule has 2 aromatic carbocycles. The number of benzene rings is 2. The molecule has 0 radical (unpaired) electrons. The Balaban J connectivity index is 1.35. The van der Waals surface area contributed by atoms with Crippen molar-refractivity contribution < 1.29 is 4.79 Å². The highest BCUT2D eigenvalue weighted by Gasteiger charge is 2.15. The van der Waals surface area contributed by atoms with Crippen molar-refractivity contribution in [3.8, 4) is 16.3 Å². The summed E-state index contributed by atoms with van der Waals surface area (Å²) < 4.78 is 1.78. The third-order valence-corrected chi connectivity index (χ3v) is 5.10. The second-order valence-electron chi connectivity index (χ2n) is 6.10. The van der Waals surface area contributed by atoms with Gasteiger partial charge in [-0.1, -0.05) is 30.3 Å². The zero-order chi connectivity index (χ0) is 18.9. The Morgan fingerprint density at radius 1 is 1.04 bits per heavy atom. The standard InChI is InChI=1S/C20H14N6OS/c27-18(25-20-23-15-8-4-5-9-16(15)24-20)17-12-28-19(22-17)13-10-21-26(11-13)14-6-2-1-3-7-14/h1-12H,(H2,23,24,25,27). The summed E-state index contributed by atoms with van der Waals surface area (Å²) in [4.78, 5) is 24.4. The predicted molar refractivity (Wildman–Crippen MR) is 109 cm³/mol. The van der Waals surface area contributed by atoms with Crippen molar-refractivity contribution in [3.05, 3.63) is 78.1 Å². The van der Waals surface area contributed by atoms with Gasteiger partial charge >= 0.3 is 0 Å². The van der Waals surface area contributed by atoms with Gasteiger partial charge in [-0.2, -0.15) is 5.10 Å². The smallest absolute Gasteiger partial charge is 0.277 e. The summed E-state index contributed by atoms with van der Waals surface area (Å²) in [5.41, 5.74) is 3.83. The molecule has 0 spiro atoms. The van der Waals surface area contributed by atoms with E-state index in [1.807, 2.05) is 60.8 Å². The highest BCUT2D eigenvalue weighted by Crippen LogP contribution is 2.24. The molecule has 0 aliphatic rings. The van der Waals surface area contributed by atoms with E-state index in [1.54, 1.807) is 16.3 Å². The molecule has 8 heteroatoms. The van der Waals surface area contributed by atoms with Crippen LogP contribution in [0.2, 0.25) is 0 Å². The van der Waals surface area contributed by atoms with Crippen molar-refractivity contribution in [2.24, 2.45) is 0 Å². The van der Waals surface area contributed by atoms with Gasteiger partial charge in [0.2, 0.25) is 5.95 Å². The molecule has 2 N–H and O–H groups in total. The van der Waals surface area contributed by atoms with Gasteiger partial charge in [0.1, 0.15) is 10.7 Å². The first-order chi connectivity index (χ1) is 13.8. The first-order valence-electron chi connectivity index (χ1n) is 8.58. The van der Waals surface area contributed by atoms with Crippen LogP contribution in [0.15, 0.2) is 72.4 Å². The van der Waals surface area contributed by atoms with Crippen LogP contribution in [0.3, 0.4) is 0 Å². The van der Waals surface area contributed by atoms with Crippen LogP contribution >= 0.6 is 11.3 Å². The van der Waals surface area contributed by atoms with E-state index in [4.69, 9.17) is 0 Å². The molecule has 0 saturated carbocycles. The molecule has 0 aliphatic heterocycles. The lowest BCUT2D eigenvalue weighted by atomic mass is 10.3. The minimum atomic E-state index is -0.308. The van der Waals surface area contributed by atoms with E-state index < -0.39 is 0 Å². The molecule has 3 aromatic heterocycles. The Morgan fingerprint density at radius 2 is 1.86 bits per heavy atom. The fourth-order valence-corrected chi connectivity index (χ4v) is 3.62. The van der Waals surface area contributed by atoms with Gasteiger partial charge < -0.3 is 4.98 Å². The number of carbonyl (C=O) groups excluding carboxylic acids is 1. The van der Waals surface area contributed by atoms with Crippen molar-refractivity contribution in [3.63, 3.8) is 0 Å². The van der Waals surface area contributed by atoms with Gasteiger partial charge in [0.05, 0.1) is 22.9 Å². The highest BCUT2D eigenvalue weighted by molar-refractivity contribution is 7.13. The third-order valence-electron chi connectivity index (χ3n) is 4.21. The Kier molecular flexibility index (Phi) is 3.95. The van der Waals surface area contributed by atoms with E-state index in [9.17, 15) is 4.79 Å². The van der Waals surface area contributed by atoms with Crippen molar-refractivity contribution in [2.45, 2.75) is 0 Å². The normalized spacial score (nSPS) is 11.0. The maximum Gasteiger partial charge on any atom is 0.277 e. The van der Waals surface area contributed by atoms with E-state index >= 15 is 0 Å². The molecular weight excluding hydrogens is 372 g/mol. The van der Waals surface area contributed by atoms with Crippen molar-refractivity contribution in [1.29, 1.82) is 0 Å². The molecule has 5 rings (SSSR count). The number of aromatic amines is 1. The fourth-order valence-electron chi connectivity index (χ4n) is 2.85. The third kappa shape index (κ3) is 3.06. The lowest BCUT2D eigenvalue weighted by Gasteiger charge is -1.98. The molecule has 28 heavy (non-hydrogen) atoms. The summed E-state index contributed by atoms with van der Waals surface area (Å²) in [5.74, 6) is 0.0923. The summed E-state index contributed by atoms with van der Waals surface area (Å²) in [5, 5.41) is 9.60. The lowest BCUT2D eigenvalue weighted by molar-refractivity contribution is 0.102. The number of aromatic nitrogens is 5. The number of fused-ring (bicyclic) bond motifs is 1. The van der Waals surface area contributed by atoms with Crippen LogP contribution in [0.4, 0.5) is 5.95 Å². The minimum Gasteiger partial charge on any atom is -0.324 e. The Labute approximate surface area is 163 Å². The summed E-state index contributed by atoms with van der Waals surface area (Å²) in [6.45, 7) is 0. The quantitative estimate of drug-likeness (QED) is 0.486. The van der Waals surface area contributed by atoms with Crippen LogP contribution in [0, 0.1) is 0 Å². The maximum absolute atomic E-state index is 12.5. The number of amides is 1.